The van der Waals surface area contributed by atoms with Crippen LogP contribution in [0.15, 0.2) is 47.3 Å². The van der Waals surface area contributed by atoms with Gasteiger partial charge in [0.25, 0.3) is 5.91 Å². The molecule has 6 atom stereocenters. The number of benzene rings is 1. The van der Waals surface area contributed by atoms with Crippen molar-refractivity contribution in [1.29, 1.82) is 0 Å². The van der Waals surface area contributed by atoms with Crippen molar-refractivity contribution in [3.8, 4) is 0 Å². The molecule has 0 aromatic heterocycles. The predicted octanol–water partition coefficient (Wildman–Crippen LogP) is 4.63. The lowest BCUT2D eigenvalue weighted by Crippen LogP contribution is -2.62. The minimum absolute atomic E-state index is 0.243. The predicted molar refractivity (Wildman–Crippen MR) is 161 cm³/mol. The molecule has 0 unspecified atom stereocenters. The van der Waals surface area contributed by atoms with E-state index in [4.69, 9.17) is 21.1 Å². The second kappa shape index (κ2) is 9.18. The molecule has 0 radical (unpaired) electrons. The normalized spacial score (nSPS) is 35.5. The smallest absolute Gasteiger partial charge is 0.254 e. The highest BCUT2D eigenvalue weighted by Crippen LogP contribution is 2.68. The molecule has 1 saturated carbocycles. The lowest BCUT2D eigenvalue weighted by molar-refractivity contribution is -0.154. The first kappa shape index (κ1) is 28.6. The summed E-state index contributed by atoms with van der Waals surface area (Å²) in [5.41, 5.74) is 2.21. The Kier molecular flexibility index (Phi) is 6.25. The van der Waals surface area contributed by atoms with Crippen molar-refractivity contribution >= 4 is 17.5 Å². The quantitative estimate of drug-likeness (QED) is 0.497. The summed E-state index contributed by atoms with van der Waals surface area (Å²) in [6.45, 7) is 11.1. The van der Waals surface area contributed by atoms with Crippen LogP contribution in [-0.2, 0) is 32.8 Å². The molecule has 7 nitrogen and oxygen atoms in total. The highest BCUT2D eigenvalue weighted by molar-refractivity contribution is 6.30. The Labute approximate surface area is 253 Å². The van der Waals surface area contributed by atoms with E-state index in [0.29, 0.717) is 37.0 Å². The first-order valence-electron chi connectivity index (χ1n) is 15.4. The van der Waals surface area contributed by atoms with Gasteiger partial charge < -0.3 is 29.5 Å². The molecule has 226 valence electrons. The lowest BCUT2D eigenvalue weighted by Gasteiger charge is -2.58. The van der Waals surface area contributed by atoms with Gasteiger partial charge in [-0.25, -0.2) is 0 Å². The summed E-state index contributed by atoms with van der Waals surface area (Å²) < 4.78 is 14.3. The fourth-order valence-electron chi connectivity index (χ4n) is 8.93. The SMILES string of the molecule is CN1CC[C@]23C4=C5O[C@H]2[C@@H](O)C=C[C@H]3[C@H]1CC4=CC[C@@]5(OC(C)(C)C)c1cc(Cl)cc2c1CN(C(=O)C(C)(C)O)CC2. The van der Waals surface area contributed by atoms with Gasteiger partial charge in [-0.05, 0) is 102 Å². The van der Waals surface area contributed by atoms with Crippen molar-refractivity contribution in [1.82, 2.24) is 9.80 Å². The Bertz CT molecular complexity index is 1450. The summed E-state index contributed by atoms with van der Waals surface area (Å²) in [5, 5.41) is 22.6. The Morgan fingerprint density at radius 2 is 1.93 bits per heavy atom. The van der Waals surface area contributed by atoms with Crippen molar-refractivity contribution in [3.63, 3.8) is 0 Å². The minimum Gasteiger partial charge on any atom is -0.487 e. The molecule has 2 N–H and O–H groups in total. The zero-order valence-electron chi connectivity index (χ0n) is 25.5. The molecule has 6 aliphatic rings. The number of carbonyl (C=O) groups excluding carboxylic acids is 1. The highest BCUT2D eigenvalue weighted by Gasteiger charge is 2.68. The maximum Gasteiger partial charge on any atom is 0.254 e. The number of likely N-dealkylation sites (tertiary alicyclic amines) is 1. The van der Waals surface area contributed by atoms with Crippen LogP contribution in [0.2, 0.25) is 5.02 Å². The Morgan fingerprint density at radius 3 is 2.64 bits per heavy atom. The molecule has 1 spiro atoms. The van der Waals surface area contributed by atoms with Gasteiger partial charge in [-0.1, -0.05) is 29.8 Å². The van der Waals surface area contributed by atoms with E-state index in [-0.39, 0.29) is 23.3 Å². The van der Waals surface area contributed by atoms with Gasteiger partial charge in [-0.3, -0.25) is 4.79 Å². The standard InChI is InChI=1S/C34H43ClN2O5/c1-31(2,3)42-34(24-17-21(35)15-19-10-13-37(18-22(19)24)30(39)32(4,5)40)11-9-20-16-25-23-7-8-26(38)28-33(23,12-14-36(25)6)27(20)29(34)41-28/h7-9,15,17,23,25-26,28,38,40H,10-14,16,18H2,1-6H3/t23-,25+,26-,28-,33-,34+/m0/s1. The van der Waals surface area contributed by atoms with Gasteiger partial charge >= 0.3 is 0 Å². The third-order valence-electron chi connectivity index (χ3n) is 10.5. The van der Waals surface area contributed by atoms with Gasteiger partial charge in [0.1, 0.15) is 23.6 Å². The van der Waals surface area contributed by atoms with E-state index in [1.54, 1.807) is 18.7 Å². The van der Waals surface area contributed by atoms with Gasteiger partial charge in [0.05, 0.1) is 5.60 Å². The van der Waals surface area contributed by atoms with Crippen LogP contribution in [0.1, 0.15) is 70.6 Å². The lowest BCUT2D eigenvalue weighted by atomic mass is 9.50. The number of piperidine rings is 1. The molecule has 2 fully saturated rings. The molecule has 2 bridgehead atoms. The number of fused-ring (bicyclic) bond motifs is 1. The Morgan fingerprint density at radius 1 is 1.17 bits per heavy atom. The number of halogens is 1. The Hall–Kier alpha value is -2.16. The largest absolute Gasteiger partial charge is 0.487 e. The van der Waals surface area contributed by atoms with E-state index in [0.717, 1.165) is 41.8 Å². The number of rotatable bonds is 3. The van der Waals surface area contributed by atoms with E-state index in [1.807, 2.05) is 18.2 Å². The van der Waals surface area contributed by atoms with Crippen LogP contribution in [0.4, 0.5) is 0 Å². The van der Waals surface area contributed by atoms with E-state index in [1.165, 1.54) is 11.1 Å². The van der Waals surface area contributed by atoms with Gasteiger partial charge in [0.15, 0.2) is 5.60 Å². The van der Waals surface area contributed by atoms with Crippen molar-refractivity contribution in [3.05, 3.63) is 69.0 Å². The monoisotopic (exact) mass is 594 g/mol. The summed E-state index contributed by atoms with van der Waals surface area (Å²) in [7, 11) is 2.21. The van der Waals surface area contributed by atoms with E-state index < -0.39 is 22.9 Å². The van der Waals surface area contributed by atoms with Gasteiger partial charge in [-0.15, -0.1) is 0 Å². The van der Waals surface area contributed by atoms with Crippen LogP contribution in [0.25, 0.3) is 0 Å². The molecule has 1 aromatic rings. The number of aliphatic hydroxyl groups excluding tert-OH is 1. The zero-order valence-corrected chi connectivity index (χ0v) is 26.3. The third-order valence-corrected chi connectivity index (χ3v) is 10.7. The number of carbonyl (C=O) groups is 1. The van der Waals surface area contributed by atoms with Crippen molar-refractivity contribution < 1.29 is 24.5 Å². The number of aliphatic hydroxyl groups is 2. The molecule has 1 amide bonds. The van der Waals surface area contributed by atoms with Crippen LogP contribution >= 0.6 is 11.6 Å². The van der Waals surface area contributed by atoms with Crippen LogP contribution in [0, 0.1) is 11.3 Å². The molecule has 8 heteroatoms. The maximum atomic E-state index is 13.2. The molecule has 3 heterocycles. The summed E-state index contributed by atoms with van der Waals surface area (Å²) in [4.78, 5) is 17.5. The molecule has 42 heavy (non-hydrogen) atoms. The average Bonchev–Trinajstić information content (AvgIpc) is 3.27. The number of hydrogen-bond acceptors (Lipinski definition) is 6. The number of amides is 1. The van der Waals surface area contributed by atoms with Crippen molar-refractivity contribution in [2.45, 2.75) is 102 Å². The summed E-state index contributed by atoms with van der Waals surface area (Å²) in [6.07, 6.45) is 8.46. The van der Waals surface area contributed by atoms with E-state index in [9.17, 15) is 15.0 Å². The number of ether oxygens (including phenoxy) is 2. The van der Waals surface area contributed by atoms with Crippen LogP contribution < -0.4 is 0 Å². The second-order valence-corrected chi connectivity index (χ2v) is 15.2. The van der Waals surface area contributed by atoms with Gasteiger partial charge in [0, 0.05) is 47.5 Å². The van der Waals surface area contributed by atoms with Crippen molar-refractivity contribution in [2.75, 3.05) is 20.1 Å². The first-order chi connectivity index (χ1) is 19.7. The van der Waals surface area contributed by atoms with E-state index in [2.05, 4.69) is 44.9 Å². The molecule has 1 saturated heterocycles. The van der Waals surface area contributed by atoms with Crippen LogP contribution in [-0.4, -0.2) is 75.5 Å². The molecule has 3 aliphatic heterocycles. The summed E-state index contributed by atoms with van der Waals surface area (Å²) in [5.74, 6) is 0.760. The van der Waals surface area contributed by atoms with Gasteiger partial charge in [0.2, 0.25) is 0 Å². The minimum atomic E-state index is -1.47. The van der Waals surface area contributed by atoms with E-state index >= 15 is 0 Å². The van der Waals surface area contributed by atoms with Gasteiger partial charge in [-0.2, -0.15) is 0 Å². The molecule has 1 aromatic carbocycles. The molecule has 3 aliphatic carbocycles. The zero-order chi connectivity index (χ0) is 30.0. The molecular formula is C34H43ClN2O5. The second-order valence-electron chi connectivity index (χ2n) is 14.8. The number of hydrogen-bond donors (Lipinski definition) is 2. The maximum absolute atomic E-state index is 13.2. The highest BCUT2D eigenvalue weighted by atomic mass is 35.5. The average molecular weight is 595 g/mol. The Balaban J connectivity index is 1.45. The fourth-order valence-corrected chi connectivity index (χ4v) is 9.17. The molecular weight excluding hydrogens is 552 g/mol. The molecule has 7 rings (SSSR count). The summed E-state index contributed by atoms with van der Waals surface area (Å²) in [6, 6.07) is 4.35. The van der Waals surface area contributed by atoms with Crippen molar-refractivity contribution in [2.24, 2.45) is 11.3 Å². The topological polar surface area (TPSA) is 82.5 Å². The first-order valence-corrected chi connectivity index (χ1v) is 15.8. The third kappa shape index (κ3) is 3.96. The number of nitrogens with zero attached hydrogens (tertiary/aromatic N) is 2. The fraction of sp³-hybridized carbons (Fsp3) is 0.618. The summed E-state index contributed by atoms with van der Waals surface area (Å²) >= 11 is 6.85. The van der Waals surface area contributed by atoms with Crippen LogP contribution in [0.5, 0.6) is 0 Å². The van der Waals surface area contributed by atoms with Crippen LogP contribution in [0.3, 0.4) is 0 Å².